The van der Waals surface area contributed by atoms with Gasteiger partial charge in [0, 0.05) is 60.5 Å². The molecule has 0 saturated carbocycles. The molecule has 1 heterocycles. The molecule has 0 bridgehead atoms. The average Bonchev–Trinajstić information content (AvgIpc) is 3.67. The summed E-state index contributed by atoms with van der Waals surface area (Å²) in [7, 11) is 0. The normalized spacial score (nSPS) is 14.5. The van der Waals surface area contributed by atoms with Gasteiger partial charge in [0.05, 0.1) is 6.04 Å². The van der Waals surface area contributed by atoms with Crippen molar-refractivity contribution in [2.24, 2.45) is 0 Å². The van der Waals surface area contributed by atoms with Crippen LogP contribution in [0.3, 0.4) is 0 Å². The Morgan fingerprint density at radius 2 is 0.983 bits per heavy atom. The topological polar surface area (TPSA) is 9.72 Å². The van der Waals surface area contributed by atoms with Crippen molar-refractivity contribution in [2.75, 3.05) is 14.7 Å². The molecule has 1 atom stereocenters. The van der Waals surface area contributed by atoms with Crippen molar-refractivity contribution < 1.29 is 0 Å². The van der Waals surface area contributed by atoms with Gasteiger partial charge >= 0.3 is 0 Å². The number of hydrogen-bond donors (Lipinski definition) is 0. The van der Waals surface area contributed by atoms with Gasteiger partial charge in [0.2, 0.25) is 0 Å². The number of para-hydroxylation sites is 4. The van der Waals surface area contributed by atoms with E-state index in [1.807, 2.05) is 11.3 Å². The van der Waals surface area contributed by atoms with Gasteiger partial charge in [-0.1, -0.05) is 127 Å². The average molecular weight is 766 g/mol. The van der Waals surface area contributed by atoms with Crippen LogP contribution in [0.1, 0.15) is 23.3 Å². The van der Waals surface area contributed by atoms with E-state index in [-0.39, 0.29) is 6.04 Å². The van der Waals surface area contributed by atoms with Crippen molar-refractivity contribution in [1.82, 2.24) is 0 Å². The third kappa shape index (κ3) is 7.04. The first kappa shape index (κ1) is 35.5. The maximum atomic E-state index is 2.60. The zero-order valence-corrected chi connectivity index (χ0v) is 33.0. The number of fused-ring (bicyclic) bond motifs is 3. The van der Waals surface area contributed by atoms with Gasteiger partial charge in [0.25, 0.3) is 0 Å². The fourth-order valence-corrected chi connectivity index (χ4v) is 9.70. The molecule has 0 fully saturated rings. The van der Waals surface area contributed by atoms with Crippen LogP contribution >= 0.6 is 11.3 Å². The lowest BCUT2D eigenvalue weighted by atomic mass is 9.96. The molecule has 0 aliphatic heterocycles. The summed E-state index contributed by atoms with van der Waals surface area (Å²) in [6.07, 6.45) is 14.5. The second kappa shape index (κ2) is 15.9. The van der Waals surface area contributed by atoms with E-state index in [1.54, 1.807) is 0 Å². The van der Waals surface area contributed by atoms with Gasteiger partial charge in [-0.05, 0) is 127 Å². The molecule has 280 valence electrons. The molecule has 1 aromatic heterocycles. The Morgan fingerprint density at radius 1 is 0.448 bits per heavy atom. The van der Waals surface area contributed by atoms with Gasteiger partial charge in [-0.2, -0.15) is 0 Å². The van der Waals surface area contributed by atoms with Crippen molar-refractivity contribution in [3.8, 4) is 11.1 Å². The van der Waals surface area contributed by atoms with Crippen LogP contribution in [0.15, 0.2) is 218 Å². The van der Waals surface area contributed by atoms with E-state index < -0.39 is 0 Å². The largest absolute Gasteiger partial charge is 0.338 e. The number of rotatable bonds is 10. The van der Waals surface area contributed by atoms with E-state index >= 15 is 0 Å². The van der Waals surface area contributed by atoms with Crippen LogP contribution in [0, 0.1) is 0 Å². The Kier molecular flexibility index (Phi) is 9.76. The predicted octanol–water partition coefficient (Wildman–Crippen LogP) is 15.2. The van der Waals surface area contributed by atoms with Crippen LogP contribution in [0.2, 0.25) is 0 Å². The first-order valence-electron chi connectivity index (χ1n) is 20.2. The number of anilines is 7. The van der Waals surface area contributed by atoms with Gasteiger partial charge in [-0.15, -0.1) is 11.3 Å². The van der Waals surface area contributed by atoms with Gasteiger partial charge in [0.1, 0.15) is 0 Å². The highest BCUT2D eigenvalue weighted by Gasteiger charge is 2.26. The molecule has 8 aromatic rings. The van der Waals surface area contributed by atoms with Crippen molar-refractivity contribution in [3.05, 3.63) is 228 Å². The van der Waals surface area contributed by atoms with Crippen LogP contribution < -0.4 is 14.7 Å². The van der Waals surface area contributed by atoms with E-state index in [2.05, 4.69) is 233 Å². The highest BCUT2D eigenvalue weighted by atomic mass is 32.1. The fourth-order valence-electron chi connectivity index (χ4n) is 8.52. The van der Waals surface area contributed by atoms with E-state index in [0.717, 1.165) is 59.0 Å². The SMILES string of the molecule is C1=CCC(N(C2=Cc3c(sc4ccccc34)CC2)c2cccc(-c3cc(N(c4ccccc4)c4ccccc4)cc(N(c4ccccc4)c4ccccc4)c3)c2)C=C1. The Balaban J connectivity index is 1.16. The quantitative estimate of drug-likeness (QED) is 0.137. The Morgan fingerprint density at radius 3 is 1.55 bits per heavy atom. The lowest BCUT2D eigenvalue weighted by Crippen LogP contribution is -2.34. The lowest BCUT2D eigenvalue weighted by Gasteiger charge is -2.36. The van der Waals surface area contributed by atoms with Crippen molar-refractivity contribution in [2.45, 2.75) is 25.3 Å². The van der Waals surface area contributed by atoms with Gasteiger partial charge in [-0.3, -0.25) is 0 Å². The molecule has 0 saturated heterocycles. The Bertz CT molecular complexity index is 2590. The molecule has 0 N–H and O–H groups in total. The fraction of sp³-hybridized carbons (Fsp3) is 0.0741. The molecular formula is C54H43N3S. The second-order valence-electron chi connectivity index (χ2n) is 14.9. The number of thiophene rings is 1. The molecule has 4 heteroatoms. The summed E-state index contributed by atoms with van der Waals surface area (Å²) >= 11 is 1.95. The van der Waals surface area contributed by atoms with Crippen LogP contribution in [0.5, 0.6) is 0 Å². The lowest BCUT2D eigenvalue weighted by molar-refractivity contribution is 0.722. The summed E-state index contributed by atoms with van der Waals surface area (Å²) in [5, 5.41) is 1.36. The molecule has 58 heavy (non-hydrogen) atoms. The summed E-state index contributed by atoms with van der Waals surface area (Å²) < 4.78 is 1.37. The first-order valence-corrected chi connectivity index (χ1v) is 21.0. The molecule has 7 aromatic carbocycles. The third-order valence-corrected chi connectivity index (χ3v) is 12.4. The molecular weight excluding hydrogens is 723 g/mol. The third-order valence-electron chi connectivity index (χ3n) is 11.2. The minimum atomic E-state index is 0.221. The maximum absolute atomic E-state index is 2.60. The van der Waals surface area contributed by atoms with Gasteiger partial charge < -0.3 is 14.7 Å². The minimum absolute atomic E-state index is 0.221. The molecule has 1 unspecified atom stereocenters. The summed E-state index contributed by atoms with van der Waals surface area (Å²) in [6.45, 7) is 0. The molecule has 10 rings (SSSR count). The minimum Gasteiger partial charge on any atom is -0.338 e. The Hall–Kier alpha value is -6.88. The summed E-state index contributed by atoms with van der Waals surface area (Å²) in [5.41, 5.74) is 12.8. The van der Waals surface area contributed by atoms with Crippen LogP contribution in [-0.4, -0.2) is 6.04 Å². The van der Waals surface area contributed by atoms with Crippen LogP contribution in [-0.2, 0) is 6.42 Å². The zero-order chi connectivity index (χ0) is 38.7. The predicted molar refractivity (Wildman–Crippen MR) is 249 cm³/mol. The molecule has 0 amide bonds. The number of allylic oxidation sites excluding steroid dienone is 3. The van der Waals surface area contributed by atoms with Crippen molar-refractivity contribution in [3.63, 3.8) is 0 Å². The maximum Gasteiger partial charge on any atom is 0.0556 e. The van der Waals surface area contributed by atoms with Crippen LogP contribution in [0.4, 0.5) is 39.8 Å². The monoisotopic (exact) mass is 765 g/mol. The van der Waals surface area contributed by atoms with E-state index in [9.17, 15) is 0 Å². The first-order chi connectivity index (χ1) is 28.8. The summed E-state index contributed by atoms with van der Waals surface area (Å²) in [5.74, 6) is 0. The van der Waals surface area contributed by atoms with Gasteiger partial charge in [0.15, 0.2) is 0 Å². The summed E-state index contributed by atoms with van der Waals surface area (Å²) in [6, 6.07) is 68.1. The van der Waals surface area contributed by atoms with E-state index in [0.29, 0.717) is 0 Å². The molecule has 2 aliphatic carbocycles. The Labute approximate surface area is 345 Å². The number of nitrogens with zero attached hydrogens (tertiary/aromatic N) is 3. The molecule has 3 nitrogen and oxygen atoms in total. The van der Waals surface area contributed by atoms with E-state index in [1.165, 1.54) is 37.5 Å². The van der Waals surface area contributed by atoms with Crippen molar-refractivity contribution in [1.29, 1.82) is 0 Å². The van der Waals surface area contributed by atoms with E-state index in [4.69, 9.17) is 0 Å². The van der Waals surface area contributed by atoms with Crippen LogP contribution in [0.25, 0.3) is 27.3 Å². The standard InChI is InChI=1S/C54H43N3S/c1-6-20-42(21-7-1)55(43-22-8-2-9-23-43)49-36-41(37-50(38-49)56(44-24-10-3-11-25-44)45-26-12-4-13-27-45)40-19-18-30-47(35-40)57(46-28-14-5-15-29-46)48-33-34-54-52(39-48)51-31-16-17-32-53(51)58-54/h1-28,30-32,35-39,46H,29,33-34H2. The molecule has 2 aliphatic rings. The summed E-state index contributed by atoms with van der Waals surface area (Å²) in [4.78, 5) is 8.83. The number of aryl methyl sites for hydroxylation is 1. The smallest absolute Gasteiger partial charge is 0.0556 e. The zero-order valence-electron chi connectivity index (χ0n) is 32.2. The molecule has 0 spiro atoms. The highest BCUT2D eigenvalue weighted by Crippen LogP contribution is 2.45. The second-order valence-corrected chi connectivity index (χ2v) is 16.0. The number of benzene rings is 7. The number of hydrogen-bond acceptors (Lipinski definition) is 4. The van der Waals surface area contributed by atoms with Gasteiger partial charge in [-0.25, -0.2) is 0 Å². The van der Waals surface area contributed by atoms with Crippen molar-refractivity contribution >= 4 is 67.3 Å². The highest BCUT2D eigenvalue weighted by molar-refractivity contribution is 7.19. The molecule has 0 radical (unpaired) electrons.